The SMILES string of the molecule is CCCCCCCCCCOC(=O)CNc1ccccc1.Cl. The first-order valence-electron chi connectivity index (χ1n) is 8.27. The van der Waals surface area contributed by atoms with Gasteiger partial charge in [0.15, 0.2) is 0 Å². The van der Waals surface area contributed by atoms with Gasteiger partial charge in [0.25, 0.3) is 0 Å². The van der Waals surface area contributed by atoms with Crippen LogP contribution in [0.25, 0.3) is 0 Å². The van der Waals surface area contributed by atoms with Gasteiger partial charge in [-0.3, -0.25) is 4.79 Å². The van der Waals surface area contributed by atoms with E-state index in [0.29, 0.717) is 6.61 Å². The van der Waals surface area contributed by atoms with Gasteiger partial charge in [-0.05, 0) is 18.6 Å². The molecule has 3 nitrogen and oxygen atoms in total. The number of benzene rings is 1. The standard InChI is InChI=1S/C18H29NO2.ClH/c1-2-3-4-5-6-7-8-12-15-21-18(20)16-19-17-13-10-9-11-14-17;/h9-11,13-14,19H,2-8,12,15-16H2,1H3;1H. The summed E-state index contributed by atoms with van der Waals surface area (Å²) in [7, 11) is 0. The number of nitrogens with one attached hydrogen (secondary N) is 1. The predicted molar refractivity (Wildman–Crippen MR) is 95.7 cm³/mol. The van der Waals surface area contributed by atoms with E-state index in [-0.39, 0.29) is 24.9 Å². The third kappa shape index (κ3) is 11.4. The first-order valence-corrected chi connectivity index (χ1v) is 8.27. The lowest BCUT2D eigenvalue weighted by Gasteiger charge is -2.07. The molecular formula is C18H30ClNO2. The van der Waals surface area contributed by atoms with Gasteiger partial charge < -0.3 is 10.1 Å². The van der Waals surface area contributed by atoms with E-state index < -0.39 is 0 Å². The molecule has 126 valence electrons. The number of hydrogen-bond donors (Lipinski definition) is 1. The summed E-state index contributed by atoms with van der Waals surface area (Å²) in [6.45, 7) is 3.02. The van der Waals surface area contributed by atoms with Gasteiger partial charge >= 0.3 is 5.97 Å². The molecule has 4 heteroatoms. The van der Waals surface area contributed by atoms with Crippen LogP contribution in [0.2, 0.25) is 0 Å². The molecule has 0 aliphatic heterocycles. The third-order valence-electron chi connectivity index (χ3n) is 3.47. The fourth-order valence-electron chi connectivity index (χ4n) is 2.20. The average molecular weight is 328 g/mol. The Morgan fingerprint density at radius 1 is 0.955 bits per heavy atom. The Bertz CT molecular complexity index is 371. The molecule has 0 fully saturated rings. The number of ether oxygens (including phenoxy) is 1. The van der Waals surface area contributed by atoms with Crippen LogP contribution in [0.5, 0.6) is 0 Å². The Kier molecular flexibility index (Phi) is 13.9. The number of halogens is 1. The Morgan fingerprint density at radius 3 is 2.18 bits per heavy atom. The number of hydrogen-bond acceptors (Lipinski definition) is 3. The fourth-order valence-corrected chi connectivity index (χ4v) is 2.20. The van der Waals surface area contributed by atoms with Crippen LogP contribution >= 0.6 is 12.4 Å². The molecule has 0 amide bonds. The number of carbonyl (C=O) groups excluding carboxylic acids is 1. The quantitative estimate of drug-likeness (QED) is 0.423. The zero-order chi connectivity index (χ0) is 15.2. The van der Waals surface area contributed by atoms with Crippen molar-refractivity contribution < 1.29 is 9.53 Å². The lowest BCUT2D eigenvalue weighted by atomic mass is 10.1. The van der Waals surface area contributed by atoms with Crippen LogP contribution in [0.4, 0.5) is 5.69 Å². The molecule has 0 unspecified atom stereocenters. The second kappa shape index (κ2) is 14.7. The Morgan fingerprint density at radius 2 is 1.55 bits per heavy atom. The molecule has 1 aromatic rings. The normalized spacial score (nSPS) is 9.86. The van der Waals surface area contributed by atoms with Crippen LogP contribution in [-0.4, -0.2) is 19.1 Å². The van der Waals surface area contributed by atoms with Gasteiger partial charge in [0.1, 0.15) is 6.54 Å². The molecule has 0 atom stereocenters. The Balaban J connectivity index is 0.00000441. The minimum absolute atomic E-state index is 0. The minimum Gasteiger partial charge on any atom is -0.464 e. The van der Waals surface area contributed by atoms with Crippen molar-refractivity contribution in [2.24, 2.45) is 0 Å². The van der Waals surface area contributed by atoms with Crippen molar-refractivity contribution in [3.63, 3.8) is 0 Å². The summed E-state index contributed by atoms with van der Waals surface area (Å²) in [5.41, 5.74) is 0.946. The number of rotatable bonds is 12. The molecule has 0 aromatic heterocycles. The highest BCUT2D eigenvalue weighted by Gasteiger charge is 2.02. The monoisotopic (exact) mass is 327 g/mol. The van der Waals surface area contributed by atoms with Crippen molar-refractivity contribution in [2.45, 2.75) is 58.3 Å². The molecular weight excluding hydrogens is 298 g/mol. The smallest absolute Gasteiger partial charge is 0.325 e. The highest BCUT2D eigenvalue weighted by atomic mass is 35.5. The number of anilines is 1. The van der Waals surface area contributed by atoms with Crippen molar-refractivity contribution in [2.75, 3.05) is 18.5 Å². The zero-order valence-corrected chi connectivity index (χ0v) is 14.5. The average Bonchev–Trinajstić information content (AvgIpc) is 2.52. The van der Waals surface area contributed by atoms with Gasteiger partial charge in [0, 0.05) is 5.69 Å². The van der Waals surface area contributed by atoms with E-state index in [1.807, 2.05) is 30.3 Å². The van der Waals surface area contributed by atoms with E-state index in [4.69, 9.17) is 4.74 Å². The molecule has 0 spiro atoms. The van der Waals surface area contributed by atoms with Gasteiger partial charge in [-0.15, -0.1) is 12.4 Å². The fraction of sp³-hybridized carbons (Fsp3) is 0.611. The maximum absolute atomic E-state index is 11.5. The van der Waals surface area contributed by atoms with E-state index in [1.54, 1.807) is 0 Å². The number of unbranched alkanes of at least 4 members (excludes halogenated alkanes) is 7. The highest BCUT2D eigenvalue weighted by molar-refractivity contribution is 5.85. The second-order valence-corrected chi connectivity index (χ2v) is 5.41. The second-order valence-electron chi connectivity index (χ2n) is 5.41. The van der Waals surface area contributed by atoms with Crippen molar-refractivity contribution in [3.8, 4) is 0 Å². The van der Waals surface area contributed by atoms with E-state index >= 15 is 0 Å². The summed E-state index contributed by atoms with van der Waals surface area (Å²) in [4.78, 5) is 11.5. The van der Waals surface area contributed by atoms with Gasteiger partial charge in [0.2, 0.25) is 0 Å². The van der Waals surface area contributed by atoms with Gasteiger partial charge in [-0.25, -0.2) is 0 Å². The van der Waals surface area contributed by atoms with Gasteiger partial charge in [-0.1, -0.05) is 70.1 Å². The van der Waals surface area contributed by atoms with Crippen molar-refractivity contribution in [1.82, 2.24) is 0 Å². The van der Waals surface area contributed by atoms with Crippen molar-refractivity contribution in [1.29, 1.82) is 0 Å². The minimum atomic E-state index is -0.179. The summed E-state index contributed by atoms with van der Waals surface area (Å²) >= 11 is 0. The molecule has 0 aliphatic rings. The van der Waals surface area contributed by atoms with Gasteiger partial charge in [0.05, 0.1) is 6.61 Å². The highest BCUT2D eigenvalue weighted by Crippen LogP contribution is 2.08. The number of esters is 1. The van der Waals surface area contributed by atoms with Crippen LogP contribution in [0.3, 0.4) is 0 Å². The molecule has 1 rings (SSSR count). The summed E-state index contributed by atoms with van der Waals surface area (Å²) in [5.74, 6) is -0.179. The van der Waals surface area contributed by atoms with E-state index in [1.165, 1.54) is 38.5 Å². The van der Waals surface area contributed by atoms with Crippen LogP contribution < -0.4 is 5.32 Å². The summed E-state index contributed by atoms with van der Waals surface area (Å²) in [6, 6.07) is 9.70. The van der Waals surface area contributed by atoms with Crippen LogP contribution in [0.15, 0.2) is 30.3 Å². The molecule has 0 radical (unpaired) electrons. The van der Waals surface area contributed by atoms with Crippen LogP contribution in [0.1, 0.15) is 58.3 Å². The molecule has 0 saturated heterocycles. The van der Waals surface area contributed by atoms with Crippen LogP contribution in [-0.2, 0) is 9.53 Å². The zero-order valence-electron chi connectivity index (χ0n) is 13.7. The molecule has 0 heterocycles. The van der Waals surface area contributed by atoms with E-state index in [2.05, 4.69) is 12.2 Å². The van der Waals surface area contributed by atoms with Crippen LogP contribution in [0, 0.1) is 0 Å². The first-order chi connectivity index (χ1) is 10.3. The lowest BCUT2D eigenvalue weighted by Crippen LogP contribution is -2.17. The summed E-state index contributed by atoms with van der Waals surface area (Å²) in [6.07, 6.45) is 10.0. The van der Waals surface area contributed by atoms with Gasteiger partial charge in [-0.2, -0.15) is 0 Å². The van der Waals surface area contributed by atoms with Crippen molar-refractivity contribution >= 4 is 24.1 Å². The van der Waals surface area contributed by atoms with E-state index in [9.17, 15) is 4.79 Å². The largest absolute Gasteiger partial charge is 0.464 e. The molecule has 0 aliphatic carbocycles. The molecule has 22 heavy (non-hydrogen) atoms. The Labute approximate surface area is 141 Å². The molecule has 0 bridgehead atoms. The molecule has 1 aromatic carbocycles. The third-order valence-corrected chi connectivity index (χ3v) is 3.47. The predicted octanol–water partition coefficient (Wildman–Crippen LogP) is 5.20. The summed E-state index contributed by atoms with van der Waals surface area (Å²) < 4.78 is 5.21. The number of para-hydroxylation sites is 1. The summed E-state index contributed by atoms with van der Waals surface area (Å²) in [5, 5.41) is 3.05. The maximum atomic E-state index is 11.5. The first kappa shape index (κ1) is 20.8. The maximum Gasteiger partial charge on any atom is 0.325 e. The number of carbonyl (C=O) groups is 1. The topological polar surface area (TPSA) is 38.3 Å². The van der Waals surface area contributed by atoms with Crippen molar-refractivity contribution in [3.05, 3.63) is 30.3 Å². The van der Waals surface area contributed by atoms with E-state index in [0.717, 1.165) is 18.5 Å². The lowest BCUT2D eigenvalue weighted by molar-refractivity contribution is -0.141. The molecule has 1 N–H and O–H groups in total. The molecule has 0 saturated carbocycles. The Hall–Kier alpha value is -1.22.